The molecule has 0 saturated heterocycles. The Bertz CT molecular complexity index is 684. The molecule has 0 aromatic carbocycles. The summed E-state index contributed by atoms with van der Waals surface area (Å²) in [5, 5.41) is 22.5. The lowest BCUT2D eigenvalue weighted by atomic mass is 9.43. The molecule has 0 bridgehead atoms. The maximum Gasteiger partial charge on any atom is 0.0737 e. The Morgan fingerprint density at radius 3 is 2.66 bits per heavy atom. The van der Waals surface area contributed by atoms with Crippen LogP contribution in [0.3, 0.4) is 0 Å². The fourth-order valence-corrected chi connectivity index (χ4v) is 8.47. The van der Waals surface area contributed by atoms with Crippen molar-refractivity contribution < 1.29 is 15.1 Å². The number of rotatable bonds is 8. The van der Waals surface area contributed by atoms with Gasteiger partial charge in [0.2, 0.25) is 0 Å². The van der Waals surface area contributed by atoms with Gasteiger partial charge in [0.15, 0.2) is 0 Å². The van der Waals surface area contributed by atoms with Crippen LogP contribution in [0.15, 0.2) is 11.6 Å². The third-order valence-electron chi connectivity index (χ3n) is 10.5. The number of hydrogen-bond acceptors (Lipinski definition) is 5. The largest absolute Gasteiger partial charge is 0.393 e. The highest BCUT2D eigenvalue weighted by molar-refractivity contribution is 5.21. The summed E-state index contributed by atoms with van der Waals surface area (Å²) < 4.78 is 0. The maximum absolute atomic E-state index is 12.3. The molecule has 0 spiro atoms. The normalized spacial score (nSPS) is 46.4. The van der Waals surface area contributed by atoms with Crippen molar-refractivity contribution in [3.05, 3.63) is 11.6 Å². The van der Waals surface area contributed by atoms with Gasteiger partial charge in [0.25, 0.3) is 0 Å². The topological polar surface area (TPSA) is 87.7 Å². The van der Waals surface area contributed by atoms with Gasteiger partial charge in [0, 0.05) is 12.0 Å². The van der Waals surface area contributed by atoms with E-state index < -0.39 is 5.60 Å². The zero-order valence-electron chi connectivity index (χ0n) is 20.7. The van der Waals surface area contributed by atoms with Gasteiger partial charge in [0.05, 0.1) is 18.3 Å². The highest BCUT2D eigenvalue weighted by atomic mass is 16.6. The number of nitrogens with one attached hydrogen (secondary N) is 1. The lowest BCUT2D eigenvalue weighted by Crippen LogP contribution is -2.62. The zero-order chi connectivity index (χ0) is 23.0. The lowest BCUT2D eigenvalue weighted by molar-refractivity contribution is -0.207. The minimum Gasteiger partial charge on any atom is -0.393 e. The van der Waals surface area contributed by atoms with Gasteiger partial charge in [-0.1, -0.05) is 25.5 Å². The van der Waals surface area contributed by atoms with Gasteiger partial charge < -0.3 is 20.8 Å². The predicted octanol–water partition coefficient (Wildman–Crippen LogP) is 4.33. The molecule has 4 aliphatic carbocycles. The summed E-state index contributed by atoms with van der Waals surface area (Å²) in [6.07, 6.45) is 14.0. The van der Waals surface area contributed by atoms with Gasteiger partial charge in [0.1, 0.15) is 0 Å². The van der Waals surface area contributed by atoms with Crippen LogP contribution in [0.25, 0.3) is 0 Å². The van der Waals surface area contributed by atoms with E-state index in [1.165, 1.54) is 18.4 Å². The van der Waals surface area contributed by atoms with Crippen LogP contribution in [-0.2, 0) is 4.84 Å². The van der Waals surface area contributed by atoms with Crippen molar-refractivity contribution in [2.45, 2.75) is 103 Å². The molecule has 4 saturated carbocycles. The molecule has 5 heteroatoms. The third-order valence-corrected chi connectivity index (χ3v) is 10.5. The molecule has 4 fully saturated rings. The number of aliphatic hydroxyl groups is 2. The number of fused-ring (bicyclic) bond motifs is 5. The van der Waals surface area contributed by atoms with Crippen molar-refractivity contribution in [3.63, 3.8) is 0 Å². The molecule has 5 nitrogen and oxygen atoms in total. The number of aliphatic hydroxyl groups excluding tert-OH is 1. The van der Waals surface area contributed by atoms with E-state index in [2.05, 4.69) is 32.3 Å². The van der Waals surface area contributed by atoms with Crippen molar-refractivity contribution in [2.24, 2.45) is 40.2 Å². The second kappa shape index (κ2) is 9.65. The van der Waals surface area contributed by atoms with Crippen LogP contribution in [0.5, 0.6) is 0 Å². The first-order valence-electron chi connectivity index (χ1n) is 13.4. The van der Waals surface area contributed by atoms with Crippen LogP contribution in [0.2, 0.25) is 0 Å². The number of unbranched alkanes of at least 4 members (excludes halogenated alkanes) is 1. The number of hydroxylamine groups is 1. The van der Waals surface area contributed by atoms with Crippen LogP contribution in [0, 0.1) is 34.5 Å². The quantitative estimate of drug-likeness (QED) is 0.252. The monoisotopic (exact) mass is 448 g/mol. The van der Waals surface area contributed by atoms with E-state index in [1.807, 2.05) is 0 Å². The predicted molar refractivity (Wildman–Crippen MR) is 129 cm³/mol. The van der Waals surface area contributed by atoms with E-state index >= 15 is 0 Å². The third kappa shape index (κ3) is 4.22. The van der Waals surface area contributed by atoms with Crippen molar-refractivity contribution in [1.29, 1.82) is 0 Å². The van der Waals surface area contributed by atoms with E-state index in [0.29, 0.717) is 35.7 Å². The molecule has 0 amide bonds. The van der Waals surface area contributed by atoms with E-state index in [1.54, 1.807) is 0 Å². The van der Waals surface area contributed by atoms with Crippen LogP contribution < -0.4 is 11.2 Å². The maximum atomic E-state index is 12.3. The Labute approximate surface area is 195 Å². The highest BCUT2D eigenvalue weighted by Gasteiger charge is 2.66. The van der Waals surface area contributed by atoms with Gasteiger partial charge >= 0.3 is 0 Å². The molecular weight excluding hydrogens is 400 g/mol. The second-order valence-electron chi connectivity index (χ2n) is 12.1. The summed E-state index contributed by atoms with van der Waals surface area (Å²) in [5.74, 6) is 2.10. The first-order chi connectivity index (χ1) is 15.2. The SMILES string of the molecule is C/C(=C\[C@H]1CC[C@]2(O)[C@@H]3CC[C@@H]4C[C@@H](O)CC[C@]4(C)[C@H]3CC[C@]12C)CNOCCCCN. The van der Waals surface area contributed by atoms with E-state index in [9.17, 15) is 10.2 Å². The standard InChI is InChI=1S/C27H48N2O3/c1-19(18-29-32-15-5-4-14-28)16-21-8-13-27(31)24-7-6-20-17-22(30)9-11-25(20,2)23(24)10-12-26(21,27)3/h16,20-24,29-31H,4-15,17-18,28H2,1-3H3/b19-16+/t20-,21-,22+,23+,24-,25+,26-,27+/m1/s1. The first kappa shape index (κ1) is 24.7. The number of nitrogens with two attached hydrogens (primary N) is 1. The van der Waals surface area contributed by atoms with Crippen molar-refractivity contribution in [2.75, 3.05) is 19.7 Å². The fourth-order valence-electron chi connectivity index (χ4n) is 8.47. The molecule has 0 unspecified atom stereocenters. The molecule has 0 aromatic heterocycles. The average Bonchev–Trinajstić information content (AvgIpc) is 3.02. The Hall–Kier alpha value is -0.460. The summed E-state index contributed by atoms with van der Waals surface area (Å²) in [5.41, 5.74) is 9.66. The van der Waals surface area contributed by atoms with Crippen molar-refractivity contribution >= 4 is 0 Å². The Morgan fingerprint density at radius 2 is 1.88 bits per heavy atom. The summed E-state index contributed by atoms with van der Waals surface area (Å²) in [6.45, 7) is 9.20. The summed E-state index contributed by atoms with van der Waals surface area (Å²) in [6, 6.07) is 0. The molecule has 5 N–H and O–H groups in total. The molecule has 0 radical (unpaired) electrons. The number of hydrogen-bond donors (Lipinski definition) is 4. The molecule has 4 aliphatic rings. The summed E-state index contributed by atoms with van der Waals surface area (Å²) >= 11 is 0. The van der Waals surface area contributed by atoms with Crippen LogP contribution >= 0.6 is 0 Å². The summed E-state index contributed by atoms with van der Waals surface area (Å²) in [4.78, 5) is 5.55. The number of allylic oxidation sites excluding steroid dienone is 1. The molecule has 4 rings (SSSR count). The van der Waals surface area contributed by atoms with Gasteiger partial charge in [-0.05, 0) is 113 Å². The molecule has 0 aromatic rings. The van der Waals surface area contributed by atoms with Crippen LogP contribution in [-0.4, -0.2) is 41.6 Å². The summed E-state index contributed by atoms with van der Waals surface area (Å²) in [7, 11) is 0. The zero-order valence-corrected chi connectivity index (χ0v) is 20.7. The Morgan fingerprint density at radius 1 is 1.06 bits per heavy atom. The van der Waals surface area contributed by atoms with Crippen LogP contribution in [0.1, 0.15) is 91.4 Å². The average molecular weight is 449 g/mol. The van der Waals surface area contributed by atoms with Gasteiger partial charge in [-0.2, -0.15) is 5.48 Å². The molecular formula is C27H48N2O3. The second-order valence-corrected chi connectivity index (χ2v) is 12.1. The fraction of sp³-hybridized carbons (Fsp3) is 0.926. The van der Waals surface area contributed by atoms with Crippen LogP contribution in [0.4, 0.5) is 0 Å². The van der Waals surface area contributed by atoms with E-state index in [0.717, 1.165) is 70.9 Å². The molecule has 0 heterocycles. The molecule has 0 aliphatic heterocycles. The molecule has 8 atom stereocenters. The van der Waals surface area contributed by atoms with Gasteiger partial charge in [-0.25, -0.2) is 0 Å². The Balaban J connectivity index is 1.42. The Kier molecular flexibility index (Phi) is 7.44. The van der Waals surface area contributed by atoms with Gasteiger partial charge in [-0.3, -0.25) is 0 Å². The van der Waals surface area contributed by atoms with Crippen molar-refractivity contribution in [1.82, 2.24) is 5.48 Å². The lowest BCUT2D eigenvalue weighted by Gasteiger charge is -2.63. The van der Waals surface area contributed by atoms with Gasteiger partial charge in [-0.15, -0.1) is 0 Å². The minimum atomic E-state index is -0.548. The minimum absolute atomic E-state index is 0.0329. The first-order valence-corrected chi connectivity index (χ1v) is 13.4. The van der Waals surface area contributed by atoms with Crippen molar-refractivity contribution in [3.8, 4) is 0 Å². The molecule has 32 heavy (non-hydrogen) atoms. The highest BCUT2D eigenvalue weighted by Crippen LogP contribution is 2.69. The van der Waals surface area contributed by atoms with E-state index in [-0.39, 0.29) is 11.5 Å². The van der Waals surface area contributed by atoms with E-state index in [4.69, 9.17) is 10.6 Å². The molecule has 184 valence electrons. The smallest absolute Gasteiger partial charge is 0.0737 e.